The number of methoxy groups -OCH3 is 2. The highest BCUT2D eigenvalue weighted by Crippen LogP contribution is 2.33. The molecule has 2 aromatic carbocycles. The first kappa shape index (κ1) is 28.0. The Balaban J connectivity index is 2.43. The van der Waals surface area contributed by atoms with Crippen molar-refractivity contribution in [3.8, 4) is 11.5 Å². The lowest BCUT2D eigenvalue weighted by molar-refractivity contribution is -0.139. The molecule has 0 aliphatic heterocycles. The van der Waals surface area contributed by atoms with Crippen molar-refractivity contribution >= 4 is 27.5 Å². The van der Waals surface area contributed by atoms with Gasteiger partial charge in [-0.3, -0.25) is 13.9 Å². The van der Waals surface area contributed by atoms with E-state index in [9.17, 15) is 18.0 Å². The average molecular weight is 506 g/mol. The van der Waals surface area contributed by atoms with Crippen molar-refractivity contribution in [1.29, 1.82) is 0 Å². The summed E-state index contributed by atoms with van der Waals surface area (Å²) in [5.74, 6) is -0.109. The van der Waals surface area contributed by atoms with Crippen LogP contribution in [-0.2, 0) is 26.2 Å². The summed E-state index contributed by atoms with van der Waals surface area (Å²) >= 11 is 0. The smallest absolute Gasteiger partial charge is 0.244 e. The Kier molecular flexibility index (Phi) is 9.94. The lowest BCUT2D eigenvalue weighted by atomic mass is 10.1. The molecule has 0 saturated carbocycles. The Bertz CT molecular complexity index is 1120. The van der Waals surface area contributed by atoms with Gasteiger partial charge < -0.3 is 19.7 Å². The maximum absolute atomic E-state index is 13.6. The van der Waals surface area contributed by atoms with E-state index in [-0.39, 0.29) is 23.9 Å². The molecule has 1 N–H and O–H groups in total. The van der Waals surface area contributed by atoms with E-state index >= 15 is 0 Å². The highest BCUT2D eigenvalue weighted by molar-refractivity contribution is 7.92. The van der Waals surface area contributed by atoms with Crippen LogP contribution in [-0.4, -0.2) is 64.7 Å². The summed E-state index contributed by atoms with van der Waals surface area (Å²) in [6, 6.07) is 11.5. The van der Waals surface area contributed by atoms with Crippen molar-refractivity contribution in [2.45, 2.75) is 39.8 Å². The summed E-state index contributed by atoms with van der Waals surface area (Å²) in [6.45, 7) is 5.66. The van der Waals surface area contributed by atoms with Gasteiger partial charge in [0.05, 0.1) is 26.2 Å². The van der Waals surface area contributed by atoms with E-state index in [0.29, 0.717) is 12.3 Å². The highest BCUT2D eigenvalue weighted by Gasteiger charge is 2.31. The Morgan fingerprint density at radius 2 is 1.71 bits per heavy atom. The molecule has 1 atom stereocenters. The molecule has 9 nitrogen and oxygen atoms in total. The lowest BCUT2D eigenvalue weighted by Crippen LogP contribution is -2.51. The SMILES string of the molecule is CCCNC(=O)C(C)N(Cc1ccc(C)cc1)C(=O)CN(c1ccc(OC)cc1OC)S(C)(=O)=O. The van der Waals surface area contributed by atoms with Gasteiger partial charge in [0.15, 0.2) is 0 Å². The number of benzene rings is 2. The number of sulfonamides is 1. The molecular formula is C25H35N3O6S. The zero-order chi connectivity index (χ0) is 26.2. The maximum Gasteiger partial charge on any atom is 0.244 e. The third kappa shape index (κ3) is 7.61. The minimum Gasteiger partial charge on any atom is -0.497 e. The number of aryl methyl sites for hydroxylation is 1. The molecule has 1 unspecified atom stereocenters. The summed E-state index contributed by atoms with van der Waals surface area (Å²) in [5, 5.41) is 2.81. The highest BCUT2D eigenvalue weighted by atomic mass is 32.2. The minimum atomic E-state index is -3.87. The van der Waals surface area contributed by atoms with E-state index in [1.165, 1.54) is 25.2 Å². The molecule has 0 aliphatic carbocycles. The molecule has 0 saturated heterocycles. The van der Waals surface area contributed by atoms with Crippen LogP contribution in [0.1, 0.15) is 31.4 Å². The molecule has 0 spiro atoms. The molecule has 0 aliphatic rings. The Morgan fingerprint density at radius 1 is 1.06 bits per heavy atom. The van der Waals surface area contributed by atoms with Crippen molar-refractivity contribution < 1.29 is 27.5 Å². The number of carbonyl (C=O) groups is 2. The Morgan fingerprint density at radius 3 is 2.26 bits per heavy atom. The number of nitrogens with zero attached hydrogens (tertiary/aromatic N) is 2. The molecule has 192 valence electrons. The monoisotopic (exact) mass is 505 g/mol. The van der Waals surface area contributed by atoms with E-state index in [2.05, 4.69) is 5.32 Å². The van der Waals surface area contributed by atoms with Crippen LogP contribution in [0.2, 0.25) is 0 Å². The van der Waals surface area contributed by atoms with Crippen LogP contribution in [0.5, 0.6) is 11.5 Å². The predicted molar refractivity (Wildman–Crippen MR) is 136 cm³/mol. The van der Waals surface area contributed by atoms with Crippen molar-refractivity contribution in [3.63, 3.8) is 0 Å². The number of ether oxygens (including phenoxy) is 2. The van der Waals surface area contributed by atoms with Crippen molar-refractivity contribution in [3.05, 3.63) is 53.6 Å². The minimum absolute atomic E-state index is 0.150. The summed E-state index contributed by atoms with van der Waals surface area (Å²) in [7, 11) is -0.979. The fourth-order valence-electron chi connectivity index (χ4n) is 3.45. The third-order valence-electron chi connectivity index (χ3n) is 5.52. The molecule has 0 heterocycles. The molecule has 2 amide bonds. The van der Waals surface area contributed by atoms with Gasteiger partial charge in [0.1, 0.15) is 24.1 Å². The van der Waals surface area contributed by atoms with Gasteiger partial charge >= 0.3 is 0 Å². The van der Waals surface area contributed by atoms with Crippen LogP contribution < -0.4 is 19.1 Å². The van der Waals surface area contributed by atoms with Gasteiger partial charge in [0.2, 0.25) is 21.8 Å². The third-order valence-corrected chi connectivity index (χ3v) is 6.65. The van der Waals surface area contributed by atoms with E-state index in [0.717, 1.165) is 28.1 Å². The number of nitrogens with one attached hydrogen (secondary N) is 1. The van der Waals surface area contributed by atoms with Crippen LogP contribution >= 0.6 is 0 Å². The molecule has 0 radical (unpaired) electrons. The fourth-order valence-corrected chi connectivity index (χ4v) is 4.31. The molecular weight excluding hydrogens is 470 g/mol. The van der Waals surface area contributed by atoms with E-state index in [4.69, 9.17) is 9.47 Å². The topological polar surface area (TPSA) is 105 Å². The number of rotatable bonds is 12. The first-order chi connectivity index (χ1) is 16.5. The molecule has 0 aromatic heterocycles. The molecule has 0 bridgehead atoms. The fraction of sp³-hybridized carbons (Fsp3) is 0.440. The molecule has 2 rings (SSSR count). The second-order valence-electron chi connectivity index (χ2n) is 8.28. The maximum atomic E-state index is 13.6. The van der Waals surface area contributed by atoms with Gasteiger partial charge in [-0.05, 0) is 38.0 Å². The van der Waals surface area contributed by atoms with Gasteiger partial charge in [-0.2, -0.15) is 0 Å². The first-order valence-corrected chi connectivity index (χ1v) is 13.2. The van der Waals surface area contributed by atoms with Crippen LogP contribution in [0.15, 0.2) is 42.5 Å². The number of carbonyl (C=O) groups excluding carboxylic acids is 2. The summed E-state index contributed by atoms with van der Waals surface area (Å²) in [6.07, 6.45) is 1.77. The molecule has 35 heavy (non-hydrogen) atoms. The second-order valence-corrected chi connectivity index (χ2v) is 10.2. The van der Waals surface area contributed by atoms with Crippen molar-refractivity contribution in [1.82, 2.24) is 10.2 Å². The lowest BCUT2D eigenvalue weighted by Gasteiger charge is -2.32. The van der Waals surface area contributed by atoms with Gasteiger partial charge in [0, 0.05) is 19.2 Å². The zero-order valence-corrected chi connectivity index (χ0v) is 22.0. The Hall–Kier alpha value is -3.27. The number of anilines is 1. The van der Waals surface area contributed by atoms with Crippen molar-refractivity contribution in [2.24, 2.45) is 0 Å². The van der Waals surface area contributed by atoms with Gasteiger partial charge in [-0.15, -0.1) is 0 Å². The van der Waals surface area contributed by atoms with Gasteiger partial charge in [0.25, 0.3) is 0 Å². The predicted octanol–water partition coefficient (Wildman–Crippen LogP) is 2.72. The van der Waals surface area contributed by atoms with Crippen LogP contribution in [0.25, 0.3) is 0 Å². The summed E-state index contributed by atoms with van der Waals surface area (Å²) in [5.41, 5.74) is 2.09. The quantitative estimate of drug-likeness (QED) is 0.476. The van der Waals surface area contributed by atoms with Crippen LogP contribution in [0, 0.1) is 6.92 Å². The molecule has 0 fully saturated rings. The summed E-state index contributed by atoms with van der Waals surface area (Å²) < 4.78 is 37.0. The molecule has 2 aromatic rings. The standard InChI is InChI=1S/C25H35N3O6S/c1-7-14-26-25(30)19(3)27(16-20-10-8-18(2)9-11-20)24(29)17-28(35(6,31)32)22-13-12-21(33-4)15-23(22)34-5/h8-13,15,19H,7,14,16-17H2,1-6H3,(H,26,30). The largest absolute Gasteiger partial charge is 0.497 e. The summed E-state index contributed by atoms with van der Waals surface area (Å²) in [4.78, 5) is 27.7. The normalized spacial score (nSPS) is 11.9. The number of amides is 2. The van der Waals surface area contributed by atoms with E-state index in [1.54, 1.807) is 19.1 Å². The van der Waals surface area contributed by atoms with Crippen molar-refractivity contribution in [2.75, 3.05) is 37.9 Å². The number of hydrogen-bond donors (Lipinski definition) is 1. The number of hydrogen-bond acceptors (Lipinski definition) is 6. The van der Waals surface area contributed by atoms with E-state index < -0.39 is 28.5 Å². The second kappa shape index (κ2) is 12.4. The van der Waals surface area contributed by atoms with Gasteiger partial charge in [-0.1, -0.05) is 36.8 Å². The Labute approximate surface area is 208 Å². The van der Waals surface area contributed by atoms with Crippen LogP contribution in [0.3, 0.4) is 0 Å². The van der Waals surface area contributed by atoms with E-state index in [1.807, 2.05) is 38.1 Å². The average Bonchev–Trinajstić information content (AvgIpc) is 2.83. The molecule has 10 heteroatoms. The van der Waals surface area contributed by atoms with Gasteiger partial charge in [-0.25, -0.2) is 8.42 Å². The first-order valence-electron chi connectivity index (χ1n) is 11.3. The van der Waals surface area contributed by atoms with Crippen LogP contribution in [0.4, 0.5) is 5.69 Å². The zero-order valence-electron chi connectivity index (χ0n) is 21.2.